The van der Waals surface area contributed by atoms with Crippen molar-refractivity contribution in [1.82, 2.24) is 5.32 Å². The molecular formula is C13H13NO3. The third-order valence-electron chi connectivity index (χ3n) is 2.39. The lowest BCUT2D eigenvalue weighted by Crippen LogP contribution is -2.27. The molecule has 2 aromatic rings. The van der Waals surface area contributed by atoms with Crippen molar-refractivity contribution in [2.75, 3.05) is 6.54 Å². The first kappa shape index (κ1) is 11.4. The Bertz CT molecular complexity index is 583. The lowest BCUT2D eigenvalue weighted by molar-refractivity contribution is -0.116. The van der Waals surface area contributed by atoms with Gasteiger partial charge in [-0.1, -0.05) is 11.6 Å². The molecule has 2 rings (SSSR count). The van der Waals surface area contributed by atoms with Gasteiger partial charge < -0.3 is 9.73 Å². The Morgan fingerprint density at radius 1 is 1.29 bits per heavy atom. The van der Waals surface area contributed by atoms with Crippen molar-refractivity contribution in [1.29, 1.82) is 0 Å². The number of carbonyl (C=O) groups excluding carboxylic acids is 2. The van der Waals surface area contributed by atoms with Gasteiger partial charge in [0.1, 0.15) is 11.4 Å². The first-order chi connectivity index (χ1) is 8.06. The van der Waals surface area contributed by atoms with Crippen molar-refractivity contribution >= 4 is 22.7 Å². The summed E-state index contributed by atoms with van der Waals surface area (Å²) in [5.41, 5.74) is 1.78. The number of furan rings is 1. The van der Waals surface area contributed by atoms with E-state index in [1.165, 1.54) is 6.92 Å². The molecule has 0 unspecified atom stereocenters. The van der Waals surface area contributed by atoms with Crippen LogP contribution in [0, 0.1) is 6.92 Å². The fourth-order valence-corrected chi connectivity index (χ4v) is 1.57. The van der Waals surface area contributed by atoms with Crippen LogP contribution in [0.3, 0.4) is 0 Å². The zero-order chi connectivity index (χ0) is 12.4. The normalized spacial score (nSPS) is 10.5. The molecule has 0 atom stereocenters. The quantitative estimate of drug-likeness (QED) is 0.879. The molecule has 1 aromatic heterocycles. The number of aryl methyl sites for hydroxylation is 1. The number of carbonyl (C=O) groups is 2. The molecule has 0 bridgehead atoms. The predicted molar refractivity (Wildman–Crippen MR) is 64.0 cm³/mol. The second-order valence-corrected chi connectivity index (χ2v) is 4.04. The Morgan fingerprint density at radius 3 is 2.76 bits per heavy atom. The van der Waals surface area contributed by atoms with Crippen LogP contribution in [0.25, 0.3) is 11.0 Å². The third-order valence-corrected chi connectivity index (χ3v) is 2.39. The van der Waals surface area contributed by atoms with Crippen LogP contribution in [0.15, 0.2) is 28.7 Å². The molecule has 0 fully saturated rings. The van der Waals surface area contributed by atoms with E-state index in [9.17, 15) is 9.59 Å². The number of fused-ring (bicyclic) bond motifs is 1. The summed E-state index contributed by atoms with van der Waals surface area (Å²) in [7, 11) is 0. The average Bonchev–Trinajstić information content (AvgIpc) is 2.68. The first-order valence-electron chi connectivity index (χ1n) is 5.34. The highest BCUT2D eigenvalue weighted by molar-refractivity contribution is 5.97. The van der Waals surface area contributed by atoms with Gasteiger partial charge in [0.25, 0.3) is 5.91 Å². The molecule has 1 aromatic carbocycles. The summed E-state index contributed by atoms with van der Waals surface area (Å²) in [6.45, 7) is 3.42. The highest BCUT2D eigenvalue weighted by Gasteiger charge is 2.12. The van der Waals surface area contributed by atoms with E-state index >= 15 is 0 Å². The van der Waals surface area contributed by atoms with E-state index < -0.39 is 0 Å². The van der Waals surface area contributed by atoms with E-state index in [-0.39, 0.29) is 24.0 Å². The fraction of sp³-hybridized carbons (Fsp3) is 0.231. The van der Waals surface area contributed by atoms with Gasteiger partial charge in [-0.05, 0) is 32.0 Å². The van der Waals surface area contributed by atoms with Crippen molar-refractivity contribution in [3.63, 3.8) is 0 Å². The Labute approximate surface area is 98.6 Å². The largest absolute Gasteiger partial charge is 0.451 e. The maximum absolute atomic E-state index is 11.6. The van der Waals surface area contributed by atoms with Crippen LogP contribution in [0.2, 0.25) is 0 Å². The maximum atomic E-state index is 11.6. The number of benzene rings is 1. The second kappa shape index (κ2) is 4.41. The second-order valence-electron chi connectivity index (χ2n) is 4.04. The molecule has 0 spiro atoms. The molecular weight excluding hydrogens is 218 g/mol. The molecule has 0 saturated carbocycles. The zero-order valence-electron chi connectivity index (χ0n) is 9.74. The van der Waals surface area contributed by atoms with Gasteiger partial charge in [-0.15, -0.1) is 0 Å². The summed E-state index contributed by atoms with van der Waals surface area (Å²) < 4.78 is 5.39. The van der Waals surface area contributed by atoms with E-state index in [1.54, 1.807) is 6.07 Å². The van der Waals surface area contributed by atoms with E-state index in [1.807, 2.05) is 25.1 Å². The summed E-state index contributed by atoms with van der Waals surface area (Å²) in [5, 5.41) is 3.38. The molecule has 0 radical (unpaired) electrons. The highest BCUT2D eigenvalue weighted by atomic mass is 16.3. The standard InChI is InChI=1S/C13H13NO3/c1-8-3-4-11-10(5-8)6-12(17-11)13(16)14-7-9(2)15/h3-6H,7H2,1-2H3,(H,14,16). The summed E-state index contributed by atoms with van der Waals surface area (Å²) in [6, 6.07) is 7.37. The van der Waals surface area contributed by atoms with Crippen molar-refractivity contribution in [3.8, 4) is 0 Å². The third kappa shape index (κ3) is 2.53. The number of hydrogen-bond acceptors (Lipinski definition) is 3. The summed E-state index contributed by atoms with van der Waals surface area (Å²) in [4.78, 5) is 22.4. The Hall–Kier alpha value is -2.10. The summed E-state index contributed by atoms with van der Waals surface area (Å²) in [5.74, 6) is -0.230. The van der Waals surface area contributed by atoms with Crippen LogP contribution in [-0.4, -0.2) is 18.2 Å². The Balaban J connectivity index is 2.24. The van der Waals surface area contributed by atoms with Crippen LogP contribution in [0.4, 0.5) is 0 Å². The molecule has 1 heterocycles. The van der Waals surface area contributed by atoms with Crippen molar-refractivity contribution in [3.05, 3.63) is 35.6 Å². The smallest absolute Gasteiger partial charge is 0.287 e. The molecule has 0 saturated heterocycles. The molecule has 0 aliphatic carbocycles. The van der Waals surface area contributed by atoms with Gasteiger partial charge >= 0.3 is 0 Å². The number of nitrogens with one attached hydrogen (secondary N) is 1. The molecule has 0 aliphatic rings. The van der Waals surface area contributed by atoms with Gasteiger partial charge in [0.05, 0.1) is 6.54 Å². The molecule has 4 heteroatoms. The average molecular weight is 231 g/mol. The number of amides is 1. The monoisotopic (exact) mass is 231 g/mol. The molecule has 1 amide bonds. The first-order valence-corrected chi connectivity index (χ1v) is 5.34. The van der Waals surface area contributed by atoms with Crippen LogP contribution in [-0.2, 0) is 4.79 Å². The summed E-state index contributed by atoms with van der Waals surface area (Å²) >= 11 is 0. The van der Waals surface area contributed by atoms with Crippen molar-refractivity contribution < 1.29 is 14.0 Å². The van der Waals surface area contributed by atoms with Gasteiger partial charge in [-0.2, -0.15) is 0 Å². The fourth-order valence-electron chi connectivity index (χ4n) is 1.57. The number of Topliss-reactive ketones (excluding diaryl/α,β-unsaturated/α-hetero) is 1. The molecule has 0 aliphatic heterocycles. The SMILES string of the molecule is CC(=O)CNC(=O)c1cc2cc(C)ccc2o1. The molecule has 17 heavy (non-hydrogen) atoms. The topological polar surface area (TPSA) is 59.3 Å². The lowest BCUT2D eigenvalue weighted by atomic mass is 10.2. The maximum Gasteiger partial charge on any atom is 0.287 e. The van der Waals surface area contributed by atoms with E-state index in [2.05, 4.69) is 5.32 Å². The molecule has 1 N–H and O–H groups in total. The van der Waals surface area contributed by atoms with Gasteiger partial charge in [-0.25, -0.2) is 0 Å². The van der Waals surface area contributed by atoms with E-state index in [4.69, 9.17) is 4.42 Å². The van der Waals surface area contributed by atoms with Gasteiger partial charge in [-0.3, -0.25) is 9.59 Å². The van der Waals surface area contributed by atoms with Gasteiger partial charge in [0, 0.05) is 5.39 Å². The summed E-state index contributed by atoms with van der Waals surface area (Å²) in [6.07, 6.45) is 0. The van der Waals surface area contributed by atoms with Crippen molar-refractivity contribution in [2.24, 2.45) is 0 Å². The molecule has 88 valence electrons. The minimum absolute atomic E-state index is 0.0227. The predicted octanol–water partition coefficient (Wildman–Crippen LogP) is 2.06. The Kier molecular flexibility index (Phi) is 2.95. The van der Waals surface area contributed by atoms with Crippen LogP contribution in [0.5, 0.6) is 0 Å². The van der Waals surface area contributed by atoms with E-state index in [0.29, 0.717) is 5.58 Å². The van der Waals surface area contributed by atoms with Crippen LogP contribution >= 0.6 is 0 Å². The zero-order valence-corrected chi connectivity index (χ0v) is 9.74. The number of rotatable bonds is 3. The minimum Gasteiger partial charge on any atom is -0.451 e. The number of hydrogen-bond donors (Lipinski definition) is 1. The molecule has 4 nitrogen and oxygen atoms in total. The van der Waals surface area contributed by atoms with Crippen molar-refractivity contribution in [2.45, 2.75) is 13.8 Å². The van der Waals surface area contributed by atoms with Gasteiger partial charge in [0.2, 0.25) is 0 Å². The highest BCUT2D eigenvalue weighted by Crippen LogP contribution is 2.20. The lowest BCUT2D eigenvalue weighted by Gasteiger charge is -1.97. The minimum atomic E-state index is -0.367. The number of ketones is 1. The van der Waals surface area contributed by atoms with Gasteiger partial charge in [0.15, 0.2) is 5.76 Å². The Morgan fingerprint density at radius 2 is 2.06 bits per heavy atom. The van der Waals surface area contributed by atoms with Crippen LogP contribution < -0.4 is 5.32 Å². The van der Waals surface area contributed by atoms with E-state index in [0.717, 1.165) is 10.9 Å². The van der Waals surface area contributed by atoms with Crippen LogP contribution in [0.1, 0.15) is 23.0 Å².